The predicted octanol–water partition coefficient (Wildman–Crippen LogP) is 3.23. The van der Waals surface area contributed by atoms with Crippen molar-refractivity contribution in [3.8, 4) is 5.88 Å². The second-order valence-corrected chi connectivity index (χ2v) is 5.21. The molecule has 0 aromatic carbocycles. The van der Waals surface area contributed by atoms with Crippen LogP contribution in [0.4, 0.5) is 0 Å². The minimum Gasteiger partial charge on any atom is -0.474 e. The van der Waals surface area contributed by atoms with E-state index in [1.54, 1.807) is 0 Å². The lowest BCUT2D eigenvalue weighted by Crippen LogP contribution is -2.22. The zero-order valence-corrected chi connectivity index (χ0v) is 12.5. The summed E-state index contributed by atoms with van der Waals surface area (Å²) < 4.78 is 6.01. The van der Waals surface area contributed by atoms with E-state index < -0.39 is 0 Å². The minimum absolute atomic E-state index is 0.180. The Kier molecular flexibility index (Phi) is 5.60. The van der Waals surface area contributed by atoms with E-state index in [9.17, 15) is 0 Å². The molecule has 0 saturated heterocycles. The van der Waals surface area contributed by atoms with Crippen molar-refractivity contribution in [2.24, 2.45) is 5.92 Å². The molecular weight excluding hydrogens is 224 g/mol. The Bertz CT molecular complexity index is 388. The predicted molar refractivity (Wildman–Crippen MR) is 76.0 cm³/mol. The van der Waals surface area contributed by atoms with E-state index in [0.29, 0.717) is 5.92 Å². The van der Waals surface area contributed by atoms with Crippen molar-refractivity contribution in [1.29, 1.82) is 0 Å². The van der Waals surface area contributed by atoms with E-state index >= 15 is 0 Å². The molecule has 1 rings (SSSR count). The highest BCUT2D eigenvalue weighted by Gasteiger charge is 2.15. The molecule has 0 aliphatic heterocycles. The first-order valence-electron chi connectivity index (χ1n) is 6.80. The Labute approximate surface area is 111 Å². The Morgan fingerprint density at radius 2 is 1.94 bits per heavy atom. The molecule has 0 aliphatic rings. The average Bonchev–Trinajstić information content (AvgIpc) is 2.27. The van der Waals surface area contributed by atoms with Gasteiger partial charge in [0.15, 0.2) is 0 Å². The quantitative estimate of drug-likeness (QED) is 0.841. The van der Waals surface area contributed by atoms with E-state index in [1.807, 2.05) is 6.92 Å². The van der Waals surface area contributed by atoms with Crippen molar-refractivity contribution in [3.63, 3.8) is 0 Å². The number of hydrogen-bond acceptors (Lipinski definition) is 3. The van der Waals surface area contributed by atoms with Crippen LogP contribution in [-0.2, 0) is 6.54 Å². The van der Waals surface area contributed by atoms with Crippen LogP contribution >= 0.6 is 0 Å². The summed E-state index contributed by atoms with van der Waals surface area (Å²) in [4.78, 5) is 4.55. The summed E-state index contributed by atoms with van der Waals surface area (Å²) in [7, 11) is 0. The highest BCUT2D eigenvalue weighted by Crippen LogP contribution is 2.23. The minimum atomic E-state index is 0.180. The van der Waals surface area contributed by atoms with Crippen molar-refractivity contribution < 1.29 is 4.74 Å². The van der Waals surface area contributed by atoms with Gasteiger partial charge in [-0.2, -0.15) is 0 Å². The van der Waals surface area contributed by atoms with Crippen LogP contribution in [0.3, 0.4) is 0 Å². The fourth-order valence-corrected chi connectivity index (χ4v) is 1.70. The maximum Gasteiger partial charge on any atom is 0.218 e. The number of hydrogen-bond donors (Lipinski definition) is 1. The summed E-state index contributed by atoms with van der Waals surface area (Å²) in [5.41, 5.74) is 3.43. The van der Waals surface area contributed by atoms with E-state index in [-0.39, 0.29) is 6.10 Å². The second kappa shape index (κ2) is 6.74. The van der Waals surface area contributed by atoms with Crippen LogP contribution in [0.5, 0.6) is 5.88 Å². The first-order valence-corrected chi connectivity index (χ1v) is 6.80. The van der Waals surface area contributed by atoms with Gasteiger partial charge in [-0.15, -0.1) is 0 Å². The molecule has 0 aliphatic carbocycles. The summed E-state index contributed by atoms with van der Waals surface area (Å²) >= 11 is 0. The highest BCUT2D eigenvalue weighted by molar-refractivity contribution is 5.36. The number of aromatic nitrogens is 1. The van der Waals surface area contributed by atoms with Crippen LogP contribution in [0, 0.1) is 19.8 Å². The summed E-state index contributed by atoms with van der Waals surface area (Å²) in [5, 5.41) is 3.35. The van der Waals surface area contributed by atoms with Gasteiger partial charge in [0.1, 0.15) is 0 Å². The summed E-state index contributed by atoms with van der Waals surface area (Å²) in [6.07, 6.45) is 0.180. The van der Waals surface area contributed by atoms with Gasteiger partial charge in [0.2, 0.25) is 5.88 Å². The lowest BCUT2D eigenvalue weighted by molar-refractivity contribution is 0.161. The number of rotatable bonds is 6. The number of pyridine rings is 1. The smallest absolute Gasteiger partial charge is 0.218 e. The molecule has 3 heteroatoms. The van der Waals surface area contributed by atoms with Crippen molar-refractivity contribution in [3.05, 3.63) is 22.9 Å². The van der Waals surface area contributed by atoms with Gasteiger partial charge in [-0.3, -0.25) is 0 Å². The first kappa shape index (κ1) is 15.0. The molecule has 1 unspecified atom stereocenters. The molecule has 1 aromatic heterocycles. The first-order chi connectivity index (χ1) is 8.45. The molecule has 0 saturated carbocycles. The molecule has 1 aromatic rings. The molecule has 0 bridgehead atoms. The van der Waals surface area contributed by atoms with Crippen LogP contribution in [0.2, 0.25) is 0 Å². The lowest BCUT2D eigenvalue weighted by atomic mass is 10.1. The number of aryl methyl sites for hydroxylation is 2. The normalized spacial score (nSPS) is 12.8. The molecule has 1 heterocycles. The molecule has 0 amide bonds. The Hall–Kier alpha value is -1.09. The van der Waals surface area contributed by atoms with Gasteiger partial charge >= 0.3 is 0 Å². The van der Waals surface area contributed by atoms with Gasteiger partial charge in [0.05, 0.1) is 6.10 Å². The topological polar surface area (TPSA) is 34.2 Å². The van der Waals surface area contributed by atoms with E-state index in [2.05, 4.69) is 51.0 Å². The molecule has 0 spiro atoms. The standard InChI is InChI=1S/C15H26N2O/c1-7-16-9-14-11(4)8-12(5)17-15(14)18-13(6)10(2)3/h8,10,13,16H,7,9H2,1-6H3. The zero-order chi connectivity index (χ0) is 13.7. The van der Waals surface area contributed by atoms with Crippen LogP contribution in [0.25, 0.3) is 0 Å². The van der Waals surface area contributed by atoms with Crippen molar-refractivity contribution in [1.82, 2.24) is 10.3 Å². The summed E-state index contributed by atoms with van der Waals surface area (Å²) in [6.45, 7) is 14.4. The molecule has 1 N–H and O–H groups in total. The third-order valence-corrected chi connectivity index (χ3v) is 3.23. The Morgan fingerprint density at radius 1 is 1.28 bits per heavy atom. The molecule has 0 fully saturated rings. The SMILES string of the molecule is CCNCc1c(C)cc(C)nc1OC(C)C(C)C. The van der Waals surface area contributed by atoms with E-state index in [0.717, 1.165) is 24.7 Å². The van der Waals surface area contributed by atoms with Crippen molar-refractivity contribution in [2.45, 2.75) is 54.2 Å². The maximum atomic E-state index is 6.01. The van der Waals surface area contributed by atoms with Crippen LogP contribution in [0.15, 0.2) is 6.07 Å². The van der Waals surface area contributed by atoms with E-state index in [1.165, 1.54) is 11.1 Å². The third-order valence-electron chi connectivity index (χ3n) is 3.23. The van der Waals surface area contributed by atoms with Gasteiger partial charge in [-0.05, 0) is 44.9 Å². The average molecular weight is 250 g/mol. The van der Waals surface area contributed by atoms with Gasteiger partial charge in [0, 0.05) is 17.8 Å². The Morgan fingerprint density at radius 3 is 2.50 bits per heavy atom. The van der Waals surface area contributed by atoms with Gasteiger partial charge in [0.25, 0.3) is 0 Å². The molecular formula is C15H26N2O. The second-order valence-electron chi connectivity index (χ2n) is 5.21. The van der Waals surface area contributed by atoms with E-state index in [4.69, 9.17) is 4.74 Å². The summed E-state index contributed by atoms with van der Waals surface area (Å²) in [6, 6.07) is 2.11. The van der Waals surface area contributed by atoms with Crippen LogP contribution in [-0.4, -0.2) is 17.6 Å². The lowest BCUT2D eigenvalue weighted by Gasteiger charge is -2.21. The molecule has 102 valence electrons. The van der Waals surface area contributed by atoms with Crippen molar-refractivity contribution >= 4 is 0 Å². The number of nitrogens with one attached hydrogen (secondary N) is 1. The number of ether oxygens (including phenoxy) is 1. The van der Waals surface area contributed by atoms with Gasteiger partial charge in [-0.25, -0.2) is 4.98 Å². The van der Waals surface area contributed by atoms with Gasteiger partial charge < -0.3 is 10.1 Å². The largest absolute Gasteiger partial charge is 0.474 e. The fraction of sp³-hybridized carbons (Fsp3) is 0.667. The van der Waals surface area contributed by atoms with Crippen LogP contribution in [0.1, 0.15) is 44.5 Å². The molecule has 0 radical (unpaired) electrons. The molecule has 18 heavy (non-hydrogen) atoms. The monoisotopic (exact) mass is 250 g/mol. The third kappa shape index (κ3) is 3.98. The highest BCUT2D eigenvalue weighted by atomic mass is 16.5. The zero-order valence-electron chi connectivity index (χ0n) is 12.5. The molecule has 1 atom stereocenters. The van der Waals surface area contributed by atoms with Crippen LogP contribution < -0.4 is 10.1 Å². The number of nitrogens with zero attached hydrogens (tertiary/aromatic N) is 1. The van der Waals surface area contributed by atoms with Gasteiger partial charge in [-0.1, -0.05) is 20.8 Å². The Balaban J connectivity index is 2.99. The maximum absolute atomic E-state index is 6.01. The summed E-state index contributed by atoms with van der Waals surface area (Å²) in [5.74, 6) is 1.27. The fourth-order valence-electron chi connectivity index (χ4n) is 1.70. The van der Waals surface area contributed by atoms with Crippen molar-refractivity contribution in [2.75, 3.05) is 6.54 Å². The molecule has 3 nitrogen and oxygen atoms in total.